The van der Waals surface area contributed by atoms with Crippen molar-refractivity contribution >= 4 is 17.7 Å². The maximum absolute atomic E-state index is 13.0. The number of nitrogens with zero attached hydrogens (tertiary/aromatic N) is 3. The Morgan fingerprint density at radius 1 is 1.10 bits per heavy atom. The van der Waals surface area contributed by atoms with Crippen molar-refractivity contribution in [3.8, 4) is 11.4 Å². The highest BCUT2D eigenvalue weighted by atomic mass is 32.2. The number of rotatable bonds is 10. The molecule has 0 saturated carbocycles. The number of carbonyl (C=O) groups excluding carboxylic acids is 1. The Kier molecular flexibility index (Phi) is 8.50. The second-order valence-corrected chi connectivity index (χ2v) is 9.71. The van der Waals surface area contributed by atoms with Gasteiger partial charge in [-0.1, -0.05) is 68.8 Å². The summed E-state index contributed by atoms with van der Waals surface area (Å²) in [6, 6.07) is 10.1. The molecular formula is C25H35N3O2S. The molecule has 0 fully saturated rings. The molecule has 0 aliphatic carbocycles. The summed E-state index contributed by atoms with van der Waals surface area (Å²) in [7, 11) is 0. The van der Waals surface area contributed by atoms with E-state index in [-0.39, 0.29) is 11.5 Å². The lowest BCUT2D eigenvalue weighted by Crippen LogP contribution is -2.35. The van der Waals surface area contributed by atoms with Crippen LogP contribution in [0.3, 0.4) is 0 Å². The van der Waals surface area contributed by atoms with Crippen LogP contribution in [0.1, 0.15) is 64.6 Å². The van der Waals surface area contributed by atoms with Crippen LogP contribution in [0.5, 0.6) is 0 Å². The van der Waals surface area contributed by atoms with Gasteiger partial charge in [0.05, 0.1) is 23.7 Å². The van der Waals surface area contributed by atoms with Gasteiger partial charge in [0.2, 0.25) is 5.91 Å². The number of thioether (sulfide) groups is 1. The van der Waals surface area contributed by atoms with Gasteiger partial charge in [0.25, 0.3) is 0 Å². The van der Waals surface area contributed by atoms with E-state index in [1.807, 2.05) is 35.2 Å². The molecule has 2 aromatic rings. The molecule has 2 heterocycles. The molecule has 3 rings (SSSR count). The Hall–Kier alpha value is -1.92. The first kappa shape index (κ1) is 23.7. The number of amides is 1. The summed E-state index contributed by atoms with van der Waals surface area (Å²) in [6.07, 6.45) is 5.02. The molecule has 168 valence electrons. The van der Waals surface area contributed by atoms with E-state index in [9.17, 15) is 4.79 Å². The van der Waals surface area contributed by atoms with Crippen molar-refractivity contribution in [2.24, 2.45) is 0 Å². The Balaban J connectivity index is 1.83. The molecule has 31 heavy (non-hydrogen) atoms. The molecule has 6 heteroatoms. The highest BCUT2D eigenvalue weighted by Gasteiger charge is 2.30. The van der Waals surface area contributed by atoms with E-state index in [1.165, 1.54) is 11.8 Å². The van der Waals surface area contributed by atoms with Crippen LogP contribution in [0.25, 0.3) is 11.4 Å². The largest absolute Gasteiger partial charge is 0.370 e. The van der Waals surface area contributed by atoms with E-state index in [2.05, 4.69) is 27.7 Å². The standard InChI is InChI=1S/C25H35N3O2S/c1-5-7-14-28(15-8-6-2)22(29)18-31-24-20-17-30-25(3,4)16-21(20)26-23(27-24)19-12-10-9-11-13-19/h9-13H,5-8,14-18H2,1-4H3. The van der Waals surface area contributed by atoms with Gasteiger partial charge in [-0.25, -0.2) is 9.97 Å². The molecular weight excluding hydrogens is 406 g/mol. The summed E-state index contributed by atoms with van der Waals surface area (Å²) in [4.78, 5) is 24.7. The minimum atomic E-state index is -0.246. The predicted octanol–water partition coefficient (Wildman–Crippen LogP) is 5.52. The minimum absolute atomic E-state index is 0.192. The van der Waals surface area contributed by atoms with Crippen molar-refractivity contribution < 1.29 is 9.53 Å². The van der Waals surface area contributed by atoms with Gasteiger partial charge >= 0.3 is 0 Å². The zero-order valence-corrected chi connectivity index (χ0v) is 20.1. The number of carbonyl (C=O) groups is 1. The topological polar surface area (TPSA) is 55.3 Å². The number of fused-ring (bicyclic) bond motifs is 1. The van der Waals surface area contributed by atoms with E-state index in [1.54, 1.807) is 0 Å². The highest BCUT2D eigenvalue weighted by Crippen LogP contribution is 2.34. The molecule has 1 amide bonds. The summed E-state index contributed by atoms with van der Waals surface area (Å²) in [6.45, 7) is 10.7. The first-order valence-electron chi connectivity index (χ1n) is 11.4. The maximum atomic E-state index is 13.0. The number of ether oxygens (including phenoxy) is 1. The second-order valence-electron chi connectivity index (χ2n) is 8.75. The first-order valence-corrected chi connectivity index (χ1v) is 12.4. The Bertz CT molecular complexity index is 863. The molecule has 0 unspecified atom stereocenters. The number of unbranched alkanes of at least 4 members (excludes halogenated alkanes) is 2. The third-order valence-electron chi connectivity index (χ3n) is 5.54. The average Bonchev–Trinajstić information content (AvgIpc) is 2.77. The number of benzene rings is 1. The van der Waals surface area contributed by atoms with Crippen LogP contribution in [0.15, 0.2) is 35.4 Å². The summed E-state index contributed by atoms with van der Waals surface area (Å²) in [5.41, 5.74) is 2.82. The fraction of sp³-hybridized carbons (Fsp3) is 0.560. The molecule has 5 nitrogen and oxygen atoms in total. The van der Waals surface area contributed by atoms with Crippen LogP contribution in [0.2, 0.25) is 0 Å². The van der Waals surface area contributed by atoms with E-state index in [0.29, 0.717) is 12.4 Å². The smallest absolute Gasteiger partial charge is 0.232 e. The van der Waals surface area contributed by atoms with Gasteiger partial charge in [-0.15, -0.1) is 0 Å². The maximum Gasteiger partial charge on any atom is 0.232 e. The number of aromatic nitrogens is 2. The van der Waals surface area contributed by atoms with Gasteiger partial charge < -0.3 is 9.64 Å². The molecule has 0 atom stereocenters. The van der Waals surface area contributed by atoms with Gasteiger partial charge in [-0.3, -0.25) is 4.79 Å². The zero-order valence-electron chi connectivity index (χ0n) is 19.3. The summed E-state index contributed by atoms with van der Waals surface area (Å²) < 4.78 is 6.05. The Morgan fingerprint density at radius 3 is 2.42 bits per heavy atom. The lowest BCUT2D eigenvalue weighted by molar-refractivity contribution is -0.128. The van der Waals surface area contributed by atoms with E-state index in [0.717, 1.165) is 72.9 Å². The molecule has 1 aromatic carbocycles. The predicted molar refractivity (Wildman–Crippen MR) is 127 cm³/mol. The molecule has 1 aliphatic heterocycles. The molecule has 0 saturated heterocycles. The molecule has 1 aliphatic rings. The Labute approximate surface area is 191 Å². The van der Waals surface area contributed by atoms with Crippen LogP contribution in [-0.2, 0) is 22.6 Å². The minimum Gasteiger partial charge on any atom is -0.370 e. The van der Waals surface area contributed by atoms with Gasteiger partial charge in [0, 0.05) is 30.6 Å². The average molecular weight is 442 g/mol. The van der Waals surface area contributed by atoms with Gasteiger partial charge in [0.1, 0.15) is 5.03 Å². The summed E-state index contributed by atoms with van der Waals surface area (Å²) >= 11 is 1.53. The van der Waals surface area contributed by atoms with Crippen molar-refractivity contribution in [1.82, 2.24) is 14.9 Å². The van der Waals surface area contributed by atoms with Crippen LogP contribution < -0.4 is 0 Å². The third kappa shape index (κ3) is 6.53. The van der Waals surface area contributed by atoms with Crippen molar-refractivity contribution in [3.63, 3.8) is 0 Å². The molecule has 0 bridgehead atoms. The van der Waals surface area contributed by atoms with Gasteiger partial charge in [0.15, 0.2) is 5.82 Å². The SMILES string of the molecule is CCCCN(CCCC)C(=O)CSc1nc(-c2ccccc2)nc2c1COC(C)(C)C2. The van der Waals surface area contributed by atoms with Crippen LogP contribution >= 0.6 is 11.8 Å². The lowest BCUT2D eigenvalue weighted by Gasteiger charge is -2.32. The molecule has 0 radical (unpaired) electrons. The van der Waals surface area contributed by atoms with E-state index < -0.39 is 0 Å². The summed E-state index contributed by atoms with van der Waals surface area (Å²) in [5.74, 6) is 1.31. The van der Waals surface area contributed by atoms with Crippen LogP contribution in [-0.4, -0.2) is 45.2 Å². The zero-order chi connectivity index (χ0) is 22.3. The first-order chi connectivity index (χ1) is 14.9. The molecule has 0 spiro atoms. The normalized spacial score (nSPS) is 14.8. The monoisotopic (exact) mass is 441 g/mol. The molecule has 1 aromatic heterocycles. The van der Waals surface area contributed by atoms with E-state index >= 15 is 0 Å². The quantitative estimate of drug-likeness (QED) is 0.359. The van der Waals surface area contributed by atoms with Crippen molar-refractivity contribution in [1.29, 1.82) is 0 Å². The Morgan fingerprint density at radius 2 is 1.77 bits per heavy atom. The number of hydrogen-bond donors (Lipinski definition) is 0. The van der Waals surface area contributed by atoms with Crippen LogP contribution in [0, 0.1) is 0 Å². The lowest BCUT2D eigenvalue weighted by atomic mass is 9.96. The van der Waals surface area contributed by atoms with Crippen LogP contribution in [0.4, 0.5) is 0 Å². The van der Waals surface area contributed by atoms with E-state index in [4.69, 9.17) is 14.7 Å². The van der Waals surface area contributed by atoms with Crippen molar-refractivity contribution in [2.75, 3.05) is 18.8 Å². The fourth-order valence-electron chi connectivity index (χ4n) is 3.64. The number of hydrogen-bond acceptors (Lipinski definition) is 5. The highest BCUT2D eigenvalue weighted by molar-refractivity contribution is 7.99. The fourth-order valence-corrected chi connectivity index (χ4v) is 4.58. The van der Waals surface area contributed by atoms with Crippen molar-refractivity contribution in [3.05, 3.63) is 41.6 Å². The van der Waals surface area contributed by atoms with Gasteiger partial charge in [-0.05, 0) is 26.7 Å². The second kappa shape index (κ2) is 11.1. The third-order valence-corrected chi connectivity index (χ3v) is 6.54. The molecule has 0 N–H and O–H groups in total. The van der Waals surface area contributed by atoms with Gasteiger partial charge in [-0.2, -0.15) is 0 Å². The summed E-state index contributed by atoms with van der Waals surface area (Å²) in [5, 5.41) is 0.874. The van der Waals surface area contributed by atoms with Crippen molar-refractivity contribution in [2.45, 2.75) is 77.0 Å².